The van der Waals surface area contributed by atoms with E-state index in [1.165, 1.54) is 0 Å². The van der Waals surface area contributed by atoms with E-state index in [-0.39, 0.29) is 17.3 Å². The third-order valence-electron chi connectivity index (χ3n) is 4.45. The second kappa shape index (κ2) is 5.06. The standard InChI is InChI=1S/C16H14Br2O3/c1-2-6-16-7-5-10(20)14(18)12(16)8-3-4-9(19)13(17)11(8)15(16)21/h3-4,19H,2,5-7H2,1H3. The maximum absolute atomic E-state index is 13.1. The van der Waals surface area contributed by atoms with Crippen LogP contribution >= 0.6 is 31.9 Å². The van der Waals surface area contributed by atoms with Crippen molar-refractivity contribution >= 4 is 49.0 Å². The van der Waals surface area contributed by atoms with Crippen LogP contribution in [0.1, 0.15) is 48.5 Å². The molecule has 5 heteroatoms. The highest BCUT2D eigenvalue weighted by Crippen LogP contribution is 2.58. The number of fused-ring (bicyclic) bond motifs is 3. The average molecular weight is 414 g/mol. The number of carbonyl (C=O) groups is 2. The SMILES string of the molecule is CCCC12CCC(=O)C(Br)=C1c1ccc(O)c(Br)c1C2=O. The number of aromatic hydroxyl groups is 1. The summed E-state index contributed by atoms with van der Waals surface area (Å²) < 4.78 is 0.946. The molecule has 0 amide bonds. The van der Waals surface area contributed by atoms with Crippen molar-refractivity contribution in [2.75, 3.05) is 0 Å². The monoisotopic (exact) mass is 412 g/mol. The maximum Gasteiger partial charge on any atom is 0.175 e. The first-order valence-corrected chi connectivity index (χ1v) is 8.52. The summed E-state index contributed by atoms with van der Waals surface area (Å²) in [6.07, 6.45) is 2.50. The number of allylic oxidation sites excluding steroid dienone is 2. The van der Waals surface area contributed by atoms with Gasteiger partial charge in [-0.25, -0.2) is 0 Å². The summed E-state index contributed by atoms with van der Waals surface area (Å²) >= 11 is 6.73. The van der Waals surface area contributed by atoms with Gasteiger partial charge in [-0.15, -0.1) is 0 Å². The molecule has 3 nitrogen and oxygen atoms in total. The number of carbonyl (C=O) groups excluding carboxylic acids is 2. The molecule has 1 unspecified atom stereocenters. The van der Waals surface area contributed by atoms with E-state index >= 15 is 0 Å². The van der Waals surface area contributed by atoms with Crippen LogP contribution in [0.15, 0.2) is 21.1 Å². The second-order valence-corrected chi connectivity index (χ2v) is 7.18. The molecule has 0 saturated heterocycles. The van der Waals surface area contributed by atoms with Crippen molar-refractivity contribution in [3.05, 3.63) is 32.2 Å². The van der Waals surface area contributed by atoms with E-state index in [0.717, 1.165) is 17.6 Å². The van der Waals surface area contributed by atoms with Crippen molar-refractivity contribution in [3.63, 3.8) is 0 Å². The summed E-state index contributed by atoms with van der Waals surface area (Å²) in [5, 5.41) is 9.87. The molecule has 1 aromatic carbocycles. The lowest BCUT2D eigenvalue weighted by atomic mass is 9.69. The van der Waals surface area contributed by atoms with Gasteiger partial charge in [0.2, 0.25) is 0 Å². The highest BCUT2D eigenvalue weighted by Gasteiger charge is 2.53. The van der Waals surface area contributed by atoms with Gasteiger partial charge in [-0.3, -0.25) is 9.59 Å². The van der Waals surface area contributed by atoms with Gasteiger partial charge < -0.3 is 5.11 Å². The highest BCUT2D eigenvalue weighted by molar-refractivity contribution is 9.12. The Labute approximate surface area is 139 Å². The molecule has 110 valence electrons. The predicted molar refractivity (Wildman–Crippen MR) is 87.6 cm³/mol. The Morgan fingerprint density at radius 3 is 2.67 bits per heavy atom. The van der Waals surface area contributed by atoms with Crippen LogP contribution in [0.4, 0.5) is 0 Å². The molecule has 0 radical (unpaired) electrons. The molecular formula is C16H14Br2O3. The van der Waals surface area contributed by atoms with Crippen LogP contribution in [0.25, 0.3) is 5.57 Å². The fourth-order valence-corrected chi connectivity index (χ4v) is 4.86. The Balaban J connectivity index is 2.37. The van der Waals surface area contributed by atoms with Crippen molar-refractivity contribution in [3.8, 4) is 5.75 Å². The number of halogens is 2. The molecule has 0 saturated carbocycles. The Morgan fingerprint density at radius 1 is 1.29 bits per heavy atom. The predicted octanol–water partition coefficient (Wildman–Crippen LogP) is 4.61. The smallest absolute Gasteiger partial charge is 0.175 e. The molecule has 0 spiro atoms. The number of benzene rings is 1. The van der Waals surface area contributed by atoms with E-state index < -0.39 is 5.41 Å². The van der Waals surface area contributed by atoms with Crippen LogP contribution in [0, 0.1) is 5.41 Å². The van der Waals surface area contributed by atoms with Gasteiger partial charge in [0.05, 0.1) is 14.4 Å². The summed E-state index contributed by atoms with van der Waals surface area (Å²) in [4.78, 5) is 25.1. The lowest BCUT2D eigenvalue weighted by Gasteiger charge is -2.33. The Hall–Kier alpha value is -0.940. The van der Waals surface area contributed by atoms with Crippen LogP contribution in [-0.4, -0.2) is 16.7 Å². The highest BCUT2D eigenvalue weighted by atomic mass is 79.9. The molecule has 1 aromatic rings. The number of phenols is 1. The molecule has 1 atom stereocenters. The van der Waals surface area contributed by atoms with Crippen LogP contribution in [0.5, 0.6) is 5.75 Å². The molecule has 2 aliphatic carbocycles. The molecule has 0 aromatic heterocycles. The first kappa shape index (κ1) is 15.0. The zero-order valence-electron chi connectivity index (χ0n) is 11.5. The summed E-state index contributed by atoms with van der Waals surface area (Å²) in [6, 6.07) is 3.30. The van der Waals surface area contributed by atoms with E-state index in [2.05, 4.69) is 31.9 Å². The minimum Gasteiger partial charge on any atom is -0.507 e. The van der Waals surface area contributed by atoms with Crippen molar-refractivity contribution in [1.29, 1.82) is 0 Å². The molecule has 0 heterocycles. The van der Waals surface area contributed by atoms with Gasteiger partial charge in [0, 0.05) is 12.0 Å². The summed E-state index contributed by atoms with van der Waals surface area (Å²) in [5.41, 5.74) is 1.45. The molecule has 0 fully saturated rings. The normalized spacial score (nSPS) is 24.3. The van der Waals surface area contributed by atoms with Gasteiger partial charge in [0.1, 0.15) is 5.75 Å². The van der Waals surface area contributed by atoms with Gasteiger partial charge >= 0.3 is 0 Å². The topological polar surface area (TPSA) is 54.4 Å². The van der Waals surface area contributed by atoms with Crippen molar-refractivity contribution < 1.29 is 14.7 Å². The molecule has 2 aliphatic rings. The number of phenolic OH excluding ortho intramolecular Hbond substituents is 1. The molecule has 0 bridgehead atoms. The fourth-order valence-electron chi connectivity index (χ4n) is 3.54. The third-order valence-corrected chi connectivity index (χ3v) is 6.09. The summed E-state index contributed by atoms with van der Waals surface area (Å²) in [7, 11) is 0. The first-order valence-electron chi connectivity index (χ1n) is 6.94. The van der Waals surface area contributed by atoms with E-state index in [0.29, 0.717) is 33.8 Å². The first-order chi connectivity index (χ1) is 9.94. The number of Topliss-reactive ketones (excluding diaryl/α,β-unsaturated/α-hetero) is 2. The zero-order chi connectivity index (χ0) is 15.4. The van der Waals surface area contributed by atoms with Crippen LogP contribution in [-0.2, 0) is 4.79 Å². The van der Waals surface area contributed by atoms with Crippen LogP contribution in [0.2, 0.25) is 0 Å². The van der Waals surface area contributed by atoms with Gasteiger partial charge in [-0.2, -0.15) is 0 Å². The Kier molecular flexibility index (Phi) is 3.61. The number of rotatable bonds is 2. The van der Waals surface area contributed by atoms with Crippen molar-refractivity contribution in [2.24, 2.45) is 5.41 Å². The van der Waals surface area contributed by atoms with Crippen LogP contribution in [0.3, 0.4) is 0 Å². The molecule has 1 N–H and O–H groups in total. The zero-order valence-corrected chi connectivity index (χ0v) is 14.7. The second-order valence-electron chi connectivity index (χ2n) is 5.59. The lowest BCUT2D eigenvalue weighted by Crippen LogP contribution is -2.32. The van der Waals surface area contributed by atoms with E-state index in [4.69, 9.17) is 0 Å². The van der Waals surface area contributed by atoms with Gasteiger partial charge in [0.25, 0.3) is 0 Å². The lowest BCUT2D eigenvalue weighted by molar-refractivity contribution is -0.115. The molecule has 0 aliphatic heterocycles. The molecular weight excluding hydrogens is 400 g/mol. The number of ketones is 2. The third kappa shape index (κ3) is 1.90. The molecule has 3 rings (SSSR count). The van der Waals surface area contributed by atoms with Crippen molar-refractivity contribution in [1.82, 2.24) is 0 Å². The minimum absolute atomic E-state index is 0.0153. The Morgan fingerprint density at radius 2 is 2.00 bits per heavy atom. The van der Waals surface area contributed by atoms with E-state index in [1.807, 2.05) is 6.92 Å². The summed E-state index contributed by atoms with van der Waals surface area (Å²) in [6.45, 7) is 2.04. The van der Waals surface area contributed by atoms with Gasteiger partial charge in [-0.1, -0.05) is 19.4 Å². The number of hydrogen-bond acceptors (Lipinski definition) is 3. The van der Waals surface area contributed by atoms with Gasteiger partial charge in [-0.05, 0) is 61.9 Å². The maximum atomic E-state index is 13.1. The average Bonchev–Trinajstić information content (AvgIpc) is 2.70. The molecule has 21 heavy (non-hydrogen) atoms. The van der Waals surface area contributed by atoms with Crippen LogP contribution < -0.4 is 0 Å². The summed E-state index contributed by atoms with van der Waals surface area (Å²) in [5.74, 6) is 0.110. The Bertz CT molecular complexity index is 706. The fraction of sp³-hybridized carbons (Fsp3) is 0.375. The largest absolute Gasteiger partial charge is 0.507 e. The van der Waals surface area contributed by atoms with Gasteiger partial charge in [0.15, 0.2) is 11.6 Å². The quantitative estimate of drug-likeness (QED) is 0.770. The number of hydrogen-bond donors (Lipinski definition) is 1. The van der Waals surface area contributed by atoms with E-state index in [1.54, 1.807) is 12.1 Å². The van der Waals surface area contributed by atoms with E-state index in [9.17, 15) is 14.7 Å². The van der Waals surface area contributed by atoms with Crippen molar-refractivity contribution in [2.45, 2.75) is 32.6 Å². The minimum atomic E-state index is -0.625.